The van der Waals surface area contributed by atoms with Gasteiger partial charge in [0.2, 0.25) is 0 Å². The molecule has 1 atom stereocenters. The van der Waals surface area contributed by atoms with Crippen molar-refractivity contribution in [1.29, 1.82) is 0 Å². The molecule has 0 saturated heterocycles. The molecule has 1 aromatic carbocycles. The van der Waals surface area contributed by atoms with Crippen LogP contribution in [0.25, 0.3) is 0 Å². The van der Waals surface area contributed by atoms with Crippen LogP contribution in [-0.4, -0.2) is 17.8 Å². The summed E-state index contributed by atoms with van der Waals surface area (Å²) in [5.74, 6) is -0.224. The molecule has 0 radical (unpaired) electrons. The number of nitrogens with two attached hydrogens (primary N) is 1. The zero-order valence-corrected chi connectivity index (χ0v) is 9.54. The van der Waals surface area contributed by atoms with Crippen molar-refractivity contribution in [3.63, 3.8) is 0 Å². The molecular formula is C13H18FNO. The van der Waals surface area contributed by atoms with E-state index in [-0.39, 0.29) is 23.9 Å². The molecule has 0 heterocycles. The van der Waals surface area contributed by atoms with Gasteiger partial charge >= 0.3 is 0 Å². The van der Waals surface area contributed by atoms with Crippen LogP contribution in [0.3, 0.4) is 0 Å². The Morgan fingerprint density at radius 2 is 2.19 bits per heavy atom. The summed E-state index contributed by atoms with van der Waals surface area (Å²) < 4.78 is 13.7. The Balaban J connectivity index is 2.44. The number of halogens is 1. The van der Waals surface area contributed by atoms with E-state index in [1.165, 1.54) is 6.07 Å². The first-order chi connectivity index (χ1) is 7.62. The van der Waals surface area contributed by atoms with Crippen molar-refractivity contribution < 1.29 is 9.50 Å². The zero-order valence-electron chi connectivity index (χ0n) is 9.54. The molecule has 0 spiro atoms. The molecule has 16 heavy (non-hydrogen) atoms. The van der Waals surface area contributed by atoms with Crippen molar-refractivity contribution in [3.8, 4) is 0 Å². The topological polar surface area (TPSA) is 46.2 Å². The monoisotopic (exact) mass is 223 g/mol. The fraction of sp³-hybridized carbons (Fsp3) is 0.538. The molecule has 1 fully saturated rings. The van der Waals surface area contributed by atoms with Crippen molar-refractivity contribution in [3.05, 3.63) is 35.1 Å². The number of hydrogen-bond acceptors (Lipinski definition) is 2. The third kappa shape index (κ3) is 1.74. The smallest absolute Gasteiger partial charge is 0.126 e. The lowest BCUT2D eigenvalue weighted by Gasteiger charge is -2.23. The van der Waals surface area contributed by atoms with Crippen LogP contribution in [0.4, 0.5) is 4.39 Å². The number of aliphatic hydroxyl groups excluding tert-OH is 1. The van der Waals surface area contributed by atoms with Crippen molar-refractivity contribution in [2.45, 2.75) is 37.6 Å². The molecule has 2 nitrogen and oxygen atoms in total. The van der Waals surface area contributed by atoms with Crippen molar-refractivity contribution >= 4 is 0 Å². The fourth-order valence-electron chi connectivity index (χ4n) is 2.50. The highest BCUT2D eigenvalue weighted by Crippen LogP contribution is 2.51. The maximum absolute atomic E-state index is 13.7. The Bertz CT molecular complexity index is 386. The predicted octanol–water partition coefficient (Wildman–Crippen LogP) is 1.74. The molecule has 1 saturated carbocycles. The lowest BCUT2D eigenvalue weighted by molar-refractivity contribution is 0.296. The van der Waals surface area contributed by atoms with Gasteiger partial charge < -0.3 is 10.8 Å². The Kier molecular flexibility index (Phi) is 3.00. The average molecular weight is 223 g/mol. The molecular weight excluding hydrogens is 205 g/mol. The van der Waals surface area contributed by atoms with Gasteiger partial charge in [0.15, 0.2) is 0 Å². The number of rotatable bonds is 4. The van der Waals surface area contributed by atoms with Crippen LogP contribution in [0, 0.1) is 5.82 Å². The van der Waals surface area contributed by atoms with Gasteiger partial charge in [-0.3, -0.25) is 0 Å². The van der Waals surface area contributed by atoms with E-state index in [0.717, 1.165) is 18.4 Å². The highest BCUT2D eigenvalue weighted by molar-refractivity contribution is 5.41. The summed E-state index contributed by atoms with van der Waals surface area (Å²) in [5, 5.41) is 9.00. The van der Waals surface area contributed by atoms with Gasteiger partial charge in [-0.05, 0) is 43.4 Å². The first-order valence-corrected chi connectivity index (χ1v) is 5.76. The second-order valence-corrected chi connectivity index (χ2v) is 4.68. The summed E-state index contributed by atoms with van der Waals surface area (Å²) in [4.78, 5) is 0. The Hall–Kier alpha value is -0.930. The van der Waals surface area contributed by atoms with Gasteiger partial charge in [-0.2, -0.15) is 0 Å². The largest absolute Gasteiger partial charge is 0.396 e. The summed E-state index contributed by atoms with van der Waals surface area (Å²) in [5.41, 5.74) is 7.58. The van der Waals surface area contributed by atoms with E-state index in [0.29, 0.717) is 12.0 Å². The van der Waals surface area contributed by atoms with Gasteiger partial charge in [0, 0.05) is 18.1 Å². The fourth-order valence-corrected chi connectivity index (χ4v) is 2.50. The molecule has 0 bridgehead atoms. The minimum atomic E-state index is -0.224. The van der Waals surface area contributed by atoms with Crippen LogP contribution in [0.5, 0.6) is 0 Å². The van der Waals surface area contributed by atoms with E-state index in [9.17, 15) is 4.39 Å². The van der Waals surface area contributed by atoms with Crippen LogP contribution in [0.2, 0.25) is 0 Å². The van der Waals surface area contributed by atoms with E-state index in [2.05, 4.69) is 0 Å². The van der Waals surface area contributed by atoms with Crippen LogP contribution in [-0.2, 0) is 11.8 Å². The number of aliphatic hydroxyl groups is 1. The summed E-state index contributed by atoms with van der Waals surface area (Å²) in [6.07, 6.45) is 2.41. The van der Waals surface area contributed by atoms with E-state index >= 15 is 0 Å². The summed E-state index contributed by atoms with van der Waals surface area (Å²) >= 11 is 0. The minimum absolute atomic E-state index is 0.0248. The summed E-state index contributed by atoms with van der Waals surface area (Å²) in [6, 6.07) is 5.16. The molecule has 1 unspecified atom stereocenters. The van der Waals surface area contributed by atoms with E-state index < -0.39 is 0 Å². The van der Waals surface area contributed by atoms with Crippen LogP contribution in [0.15, 0.2) is 18.2 Å². The molecule has 3 N–H and O–H groups in total. The van der Waals surface area contributed by atoms with Crippen molar-refractivity contribution in [2.24, 2.45) is 5.73 Å². The molecule has 0 amide bonds. The Morgan fingerprint density at radius 3 is 2.69 bits per heavy atom. The van der Waals surface area contributed by atoms with Crippen LogP contribution in [0.1, 0.15) is 30.9 Å². The van der Waals surface area contributed by atoms with Crippen molar-refractivity contribution in [2.75, 3.05) is 6.61 Å². The lowest BCUT2D eigenvalue weighted by atomic mass is 9.85. The van der Waals surface area contributed by atoms with Gasteiger partial charge in [0.05, 0.1) is 0 Å². The molecule has 1 aliphatic carbocycles. The average Bonchev–Trinajstić information content (AvgIpc) is 3.02. The zero-order chi connectivity index (χ0) is 11.8. The molecule has 0 aromatic heterocycles. The van der Waals surface area contributed by atoms with Crippen molar-refractivity contribution in [1.82, 2.24) is 0 Å². The van der Waals surface area contributed by atoms with E-state index in [1.54, 1.807) is 6.07 Å². The molecule has 2 rings (SSSR count). The predicted molar refractivity (Wildman–Crippen MR) is 61.8 cm³/mol. The highest BCUT2D eigenvalue weighted by Gasteiger charge is 2.48. The number of benzene rings is 1. The molecule has 3 heteroatoms. The second kappa shape index (κ2) is 4.15. The molecule has 0 aliphatic heterocycles. The normalized spacial score (nSPS) is 19.5. The van der Waals surface area contributed by atoms with E-state index in [4.69, 9.17) is 10.8 Å². The summed E-state index contributed by atoms with van der Waals surface area (Å²) in [6.45, 7) is 1.95. The third-order valence-corrected chi connectivity index (χ3v) is 3.68. The third-order valence-electron chi connectivity index (χ3n) is 3.68. The van der Waals surface area contributed by atoms with Crippen LogP contribution < -0.4 is 5.73 Å². The van der Waals surface area contributed by atoms with Crippen LogP contribution >= 0.6 is 0 Å². The highest BCUT2D eigenvalue weighted by atomic mass is 19.1. The quantitative estimate of drug-likeness (QED) is 0.816. The Labute approximate surface area is 95.3 Å². The second-order valence-electron chi connectivity index (χ2n) is 4.68. The maximum Gasteiger partial charge on any atom is 0.126 e. The molecule has 88 valence electrons. The minimum Gasteiger partial charge on any atom is -0.396 e. The van der Waals surface area contributed by atoms with E-state index in [1.807, 2.05) is 13.0 Å². The lowest BCUT2D eigenvalue weighted by Crippen LogP contribution is -2.32. The molecule has 1 aliphatic rings. The Morgan fingerprint density at radius 1 is 1.50 bits per heavy atom. The standard InChI is InChI=1S/C13H18FNO/c1-9(15)13(6-7-13)11-3-2-4-12(14)10(11)5-8-16/h2-4,9,16H,5-8,15H2,1H3. The van der Waals surface area contributed by atoms with Gasteiger partial charge in [-0.15, -0.1) is 0 Å². The van der Waals surface area contributed by atoms with Gasteiger partial charge in [-0.25, -0.2) is 4.39 Å². The van der Waals surface area contributed by atoms with Gasteiger partial charge in [0.25, 0.3) is 0 Å². The van der Waals surface area contributed by atoms with Gasteiger partial charge in [-0.1, -0.05) is 12.1 Å². The first-order valence-electron chi connectivity index (χ1n) is 5.76. The SMILES string of the molecule is CC(N)C1(c2cccc(F)c2CCO)CC1. The molecule has 1 aromatic rings. The number of hydrogen-bond donors (Lipinski definition) is 2. The maximum atomic E-state index is 13.7. The van der Waals surface area contributed by atoms with Gasteiger partial charge in [0.1, 0.15) is 5.82 Å². The first kappa shape index (κ1) is 11.6. The summed E-state index contributed by atoms with van der Waals surface area (Å²) in [7, 11) is 0.